The Morgan fingerprint density at radius 1 is 0.968 bits per heavy atom. The van der Waals surface area contributed by atoms with Crippen molar-refractivity contribution in [3.05, 3.63) is 66.2 Å². The Bertz CT molecular complexity index is 1190. The first-order valence-electron chi connectivity index (χ1n) is 9.72. The number of rotatable bonds is 8. The number of fused-ring (bicyclic) bond motifs is 1. The smallest absolute Gasteiger partial charge is 0.243 e. The van der Waals surface area contributed by atoms with E-state index in [1.54, 1.807) is 37.4 Å². The van der Waals surface area contributed by atoms with E-state index >= 15 is 0 Å². The first-order chi connectivity index (χ1) is 14.8. The summed E-state index contributed by atoms with van der Waals surface area (Å²) in [7, 11) is 0.674. The SMILES string of the molecule is COc1ccc(C(C)NC(=O)CN(C)S(=O)(=O)c2ccc3ccccc3c2)cc1OC. The zero-order valence-electron chi connectivity index (χ0n) is 18.0. The van der Waals surface area contributed by atoms with Crippen LogP contribution in [0.4, 0.5) is 0 Å². The van der Waals surface area contributed by atoms with Crippen molar-refractivity contribution in [2.45, 2.75) is 17.9 Å². The van der Waals surface area contributed by atoms with Gasteiger partial charge in [0.25, 0.3) is 0 Å². The third kappa shape index (κ3) is 4.98. The molecule has 0 radical (unpaired) electrons. The van der Waals surface area contributed by atoms with Gasteiger partial charge in [0.1, 0.15) is 0 Å². The Kier molecular flexibility index (Phi) is 6.82. The van der Waals surface area contributed by atoms with Gasteiger partial charge < -0.3 is 14.8 Å². The van der Waals surface area contributed by atoms with Gasteiger partial charge in [0, 0.05) is 7.05 Å². The van der Waals surface area contributed by atoms with Gasteiger partial charge in [0.05, 0.1) is 31.7 Å². The molecule has 0 aliphatic carbocycles. The van der Waals surface area contributed by atoms with Gasteiger partial charge in [-0.3, -0.25) is 4.79 Å². The Hall–Kier alpha value is -3.10. The second-order valence-corrected chi connectivity index (χ2v) is 9.22. The van der Waals surface area contributed by atoms with E-state index in [-0.39, 0.29) is 17.5 Å². The highest BCUT2D eigenvalue weighted by Gasteiger charge is 2.24. The minimum absolute atomic E-state index is 0.148. The van der Waals surface area contributed by atoms with E-state index in [0.717, 1.165) is 20.6 Å². The van der Waals surface area contributed by atoms with Crippen LogP contribution >= 0.6 is 0 Å². The van der Waals surface area contributed by atoms with Gasteiger partial charge in [0.2, 0.25) is 15.9 Å². The highest BCUT2D eigenvalue weighted by Crippen LogP contribution is 2.30. The Morgan fingerprint density at radius 2 is 1.65 bits per heavy atom. The average Bonchev–Trinajstić information content (AvgIpc) is 2.77. The monoisotopic (exact) mass is 442 g/mol. The molecular formula is C23H26N2O5S. The van der Waals surface area contributed by atoms with Gasteiger partial charge in [-0.25, -0.2) is 8.42 Å². The van der Waals surface area contributed by atoms with Crippen molar-refractivity contribution < 1.29 is 22.7 Å². The standard InChI is InChI=1S/C23H26N2O5S/c1-16(18-10-12-21(29-3)22(14-18)30-4)24-23(26)15-25(2)31(27,28)20-11-9-17-7-5-6-8-19(17)13-20/h5-14,16H,15H2,1-4H3,(H,24,26). The predicted molar refractivity (Wildman–Crippen MR) is 120 cm³/mol. The fraction of sp³-hybridized carbons (Fsp3) is 0.261. The summed E-state index contributed by atoms with van der Waals surface area (Å²) in [5.41, 5.74) is 0.811. The summed E-state index contributed by atoms with van der Waals surface area (Å²) in [6, 6.07) is 17.5. The van der Waals surface area contributed by atoms with Crippen LogP contribution < -0.4 is 14.8 Å². The van der Waals surface area contributed by atoms with Crippen LogP contribution in [-0.4, -0.2) is 46.4 Å². The number of hydrogen-bond acceptors (Lipinski definition) is 5. The van der Waals surface area contributed by atoms with Crippen LogP contribution in [0, 0.1) is 0 Å². The van der Waals surface area contributed by atoms with Gasteiger partial charge in [-0.05, 0) is 47.5 Å². The molecule has 0 heterocycles. The van der Waals surface area contributed by atoms with E-state index in [9.17, 15) is 13.2 Å². The lowest BCUT2D eigenvalue weighted by Gasteiger charge is -2.20. The quantitative estimate of drug-likeness (QED) is 0.578. The van der Waals surface area contributed by atoms with Gasteiger partial charge >= 0.3 is 0 Å². The molecule has 8 heteroatoms. The molecule has 0 saturated heterocycles. The predicted octanol–water partition coefficient (Wildman–Crippen LogP) is 3.35. The number of nitrogens with one attached hydrogen (secondary N) is 1. The van der Waals surface area contributed by atoms with E-state index in [2.05, 4.69) is 5.32 Å². The topological polar surface area (TPSA) is 84.9 Å². The number of hydrogen-bond donors (Lipinski definition) is 1. The van der Waals surface area contributed by atoms with E-state index in [4.69, 9.17) is 9.47 Å². The van der Waals surface area contributed by atoms with Gasteiger partial charge in [-0.15, -0.1) is 0 Å². The largest absolute Gasteiger partial charge is 0.493 e. The number of likely N-dealkylation sites (N-methyl/N-ethyl adjacent to an activating group) is 1. The van der Waals surface area contributed by atoms with Crippen LogP contribution in [0.5, 0.6) is 11.5 Å². The number of methoxy groups -OCH3 is 2. The van der Waals surface area contributed by atoms with Crippen LogP contribution in [-0.2, 0) is 14.8 Å². The van der Waals surface area contributed by atoms with Gasteiger partial charge in [-0.2, -0.15) is 4.31 Å². The molecule has 0 aromatic heterocycles. The van der Waals surface area contributed by atoms with E-state index in [0.29, 0.717) is 11.5 Å². The van der Waals surface area contributed by atoms with Gasteiger partial charge in [0.15, 0.2) is 11.5 Å². The molecule has 0 saturated carbocycles. The summed E-state index contributed by atoms with van der Waals surface area (Å²) < 4.78 is 37.4. The molecule has 0 aliphatic heterocycles. The first-order valence-corrected chi connectivity index (χ1v) is 11.2. The molecular weight excluding hydrogens is 416 g/mol. The van der Waals surface area contributed by atoms with Crippen molar-refractivity contribution in [1.29, 1.82) is 0 Å². The van der Waals surface area contributed by atoms with Crippen molar-refractivity contribution in [2.24, 2.45) is 0 Å². The number of carbonyl (C=O) groups is 1. The van der Waals surface area contributed by atoms with Crippen LogP contribution in [0.1, 0.15) is 18.5 Å². The minimum atomic E-state index is -3.81. The summed E-state index contributed by atoms with van der Waals surface area (Å²) in [6.07, 6.45) is 0. The van der Waals surface area contributed by atoms with E-state index in [1.165, 1.54) is 14.2 Å². The lowest BCUT2D eigenvalue weighted by molar-refractivity contribution is -0.121. The number of benzene rings is 3. The van der Waals surface area contributed by atoms with Crippen molar-refractivity contribution in [3.8, 4) is 11.5 Å². The van der Waals surface area contributed by atoms with Crippen molar-refractivity contribution in [1.82, 2.24) is 9.62 Å². The zero-order valence-corrected chi connectivity index (χ0v) is 18.8. The number of sulfonamides is 1. The molecule has 31 heavy (non-hydrogen) atoms. The van der Waals surface area contributed by atoms with Crippen LogP contribution in [0.15, 0.2) is 65.6 Å². The van der Waals surface area contributed by atoms with Crippen LogP contribution in [0.3, 0.4) is 0 Å². The Labute approximate surface area is 182 Å². The normalized spacial score (nSPS) is 12.5. The molecule has 1 N–H and O–H groups in total. The molecule has 3 aromatic rings. The van der Waals surface area contributed by atoms with E-state index in [1.807, 2.05) is 37.3 Å². The van der Waals surface area contributed by atoms with Crippen LogP contribution in [0.25, 0.3) is 10.8 Å². The fourth-order valence-corrected chi connectivity index (χ4v) is 4.45. The Balaban J connectivity index is 1.70. The third-order valence-electron chi connectivity index (χ3n) is 5.08. The summed E-state index contributed by atoms with van der Waals surface area (Å²) in [4.78, 5) is 12.7. The highest BCUT2D eigenvalue weighted by atomic mass is 32.2. The molecule has 0 fully saturated rings. The second-order valence-electron chi connectivity index (χ2n) is 7.17. The maximum Gasteiger partial charge on any atom is 0.243 e. The van der Waals surface area contributed by atoms with Crippen molar-refractivity contribution in [2.75, 3.05) is 27.8 Å². The molecule has 0 bridgehead atoms. The number of carbonyl (C=O) groups excluding carboxylic acids is 1. The molecule has 7 nitrogen and oxygen atoms in total. The lowest BCUT2D eigenvalue weighted by Crippen LogP contribution is -2.39. The summed E-state index contributed by atoms with van der Waals surface area (Å²) in [5.74, 6) is 0.734. The van der Waals surface area contributed by atoms with Crippen molar-refractivity contribution >= 4 is 26.7 Å². The summed E-state index contributed by atoms with van der Waals surface area (Å²) >= 11 is 0. The lowest BCUT2D eigenvalue weighted by atomic mass is 10.1. The minimum Gasteiger partial charge on any atom is -0.493 e. The second kappa shape index (κ2) is 9.36. The average molecular weight is 443 g/mol. The zero-order chi connectivity index (χ0) is 22.6. The molecule has 1 amide bonds. The fourth-order valence-electron chi connectivity index (χ4n) is 3.29. The molecule has 1 atom stereocenters. The molecule has 1 unspecified atom stereocenters. The van der Waals surface area contributed by atoms with Crippen LogP contribution in [0.2, 0.25) is 0 Å². The summed E-state index contributed by atoms with van der Waals surface area (Å²) in [6.45, 7) is 1.52. The number of ether oxygens (including phenoxy) is 2. The highest BCUT2D eigenvalue weighted by molar-refractivity contribution is 7.89. The first kappa shape index (κ1) is 22.6. The van der Waals surface area contributed by atoms with E-state index < -0.39 is 15.9 Å². The van der Waals surface area contributed by atoms with Crippen molar-refractivity contribution in [3.63, 3.8) is 0 Å². The maximum absolute atomic E-state index is 12.9. The molecule has 3 rings (SSSR count). The third-order valence-corrected chi connectivity index (χ3v) is 6.88. The number of nitrogens with zero attached hydrogens (tertiary/aromatic N) is 1. The molecule has 0 aliphatic rings. The maximum atomic E-state index is 12.9. The molecule has 0 spiro atoms. The Morgan fingerprint density at radius 3 is 2.32 bits per heavy atom. The molecule has 3 aromatic carbocycles. The number of amides is 1. The molecule has 164 valence electrons. The van der Waals surface area contributed by atoms with Gasteiger partial charge in [-0.1, -0.05) is 36.4 Å². The summed E-state index contributed by atoms with van der Waals surface area (Å²) in [5, 5.41) is 4.60.